The lowest BCUT2D eigenvalue weighted by atomic mass is 9.85. The van der Waals surface area contributed by atoms with E-state index in [4.69, 9.17) is 0 Å². The molecule has 0 spiro atoms. The van der Waals surface area contributed by atoms with Gasteiger partial charge in [-0.25, -0.2) is 4.98 Å². The fourth-order valence-electron chi connectivity index (χ4n) is 6.57. The van der Waals surface area contributed by atoms with Gasteiger partial charge in [-0.05, 0) is 59.7 Å². The molecule has 3 aromatic carbocycles. The third-order valence-electron chi connectivity index (χ3n) is 9.55. The first-order chi connectivity index (χ1) is 25.3. The van der Waals surface area contributed by atoms with Crippen molar-refractivity contribution in [1.82, 2.24) is 30.7 Å². The second-order valence-corrected chi connectivity index (χ2v) is 15.5. The van der Waals surface area contributed by atoms with Crippen molar-refractivity contribution in [3.8, 4) is 38.6 Å². The van der Waals surface area contributed by atoms with Crippen LogP contribution < -0.4 is 10.6 Å². The van der Waals surface area contributed by atoms with Crippen LogP contribution in [0.3, 0.4) is 0 Å². The van der Waals surface area contributed by atoms with E-state index in [2.05, 4.69) is 25.8 Å². The molecule has 53 heavy (non-hydrogen) atoms. The molecule has 12 heteroatoms. The van der Waals surface area contributed by atoms with E-state index in [1.165, 1.54) is 4.90 Å². The van der Waals surface area contributed by atoms with Crippen LogP contribution in [0.4, 0.5) is 0 Å². The molecule has 0 saturated carbocycles. The molecule has 1 saturated heterocycles. The lowest BCUT2D eigenvalue weighted by Gasteiger charge is -2.35. The van der Waals surface area contributed by atoms with Crippen LogP contribution in [-0.2, 0) is 20.8 Å². The average Bonchev–Trinajstić information content (AvgIpc) is 3.75. The zero-order valence-corrected chi connectivity index (χ0v) is 31.2. The lowest BCUT2D eigenvalue weighted by Crippen LogP contribution is -2.58. The van der Waals surface area contributed by atoms with E-state index in [0.717, 1.165) is 38.4 Å². The first-order valence-electron chi connectivity index (χ1n) is 17.6. The number of para-hydroxylation sites is 1. The summed E-state index contributed by atoms with van der Waals surface area (Å²) in [5.74, 6) is -1.01. The van der Waals surface area contributed by atoms with E-state index in [9.17, 15) is 24.6 Å². The van der Waals surface area contributed by atoms with Gasteiger partial charge in [0.15, 0.2) is 0 Å². The fraction of sp³-hybridized carbons (Fsp3) is 0.317. The summed E-state index contributed by atoms with van der Waals surface area (Å²) in [6, 6.07) is 22.0. The number of nitrogens with zero attached hydrogens (tertiary/aromatic N) is 4. The van der Waals surface area contributed by atoms with Gasteiger partial charge in [0.05, 0.1) is 46.5 Å². The van der Waals surface area contributed by atoms with Crippen molar-refractivity contribution in [2.75, 3.05) is 6.54 Å². The van der Waals surface area contributed by atoms with Gasteiger partial charge >= 0.3 is 0 Å². The number of amides is 3. The fourth-order valence-corrected chi connectivity index (χ4v) is 7.39. The molecular weight excluding hydrogens is 689 g/mol. The van der Waals surface area contributed by atoms with Crippen molar-refractivity contribution in [3.05, 3.63) is 107 Å². The van der Waals surface area contributed by atoms with Crippen molar-refractivity contribution in [2.24, 2.45) is 5.41 Å². The zero-order chi connectivity index (χ0) is 37.9. The molecule has 3 heterocycles. The summed E-state index contributed by atoms with van der Waals surface area (Å²) in [6.07, 6.45) is 0.901. The Balaban J connectivity index is 1.10. The maximum atomic E-state index is 14.1. The number of likely N-dealkylation sites (tertiary alicyclic amines) is 1. The van der Waals surface area contributed by atoms with Crippen LogP contribution >= 0.6 is 11.3 Å². The molecule has 6 rings (SSSR count). The molecule has 2 aromatic heterocycles. The molecule has 0 radical (unpaired) electrons. The predicted molar refractivity (Wildman–Crippen MR) is 205 cm³/mol. The number of thiazole rings is 1. The Morgan fingerprint density at radius 2 is 1.66 bits per heavy atom. The number of phenols is 1. The highest BCUT2D eigenvalue weighted by Crippen LogP contribution is 2.31. The standard InChI is InChI=1S/C41H44N6O5S/c1-24(27-14-16-29(17-15-27)37-25(2)42-23-53-37)44-39(51)34-20-31(48)22-47(34)40(52)38(41(3,4)5)45-36(50)18-26-10-12-28(13-11-26)30-19-33(46-43-21-30)32-8-6-7-9-35(32)49/h6-17,19,21,23-24,31,34,38,48-49H,18,20,22H2,1-5H3,(H,44,51)(H,45,50)/t24-,31+,34-,38+/m0/s1. The van der Waals surface area contributed by atoms with Gasteiger partial charge in [-0.1, -0.05) is 81.4 Å². The average molecular weight is 733 g/mol. The van der Waals surface area contributed by atoms with Crippen LogP contribution in [-0.4, -0.2) is 72.7 Å². The van der Waals surface area contributed by atoms with E-state index < -0.39 is 29.5 Å². The Morgan fingerprint density at radius 3 is 2.32 bits per heavy atom. The molecule has 1 aliphatic rings. The highest BCUT2D eigenvalue weighted by atomic mass is 32.1. The highest BCUT2D eigenvalue weighted by molar-refractivity contribution is 7.13. The van der Waals surface area contributed by atoms with Crippen molar-refractivity contribution >= 4 is 29.1 Å². The quantitative estimate of drug-likeness (QED) is 0.139. The second kappa shape index (κ2) is 15.6. The number of aliphatic hydroxyl groups excluding tert-OH is 1. The molecule has 1 aliphatic heterocycles. The molecule has 0 unspecified atom stereocenters. The number of benzene rings is 3. The maximum absolute atomic E-state index is 14.1. The Kier molecular flexibility index (Phi) is 11.0. The molecule has 0 aliphatic carbocycles. The summed E-state index contributed by atoms with van der Waals surface area (Å²) in [7, 11) is 0. The normalized spacial score (nSPS) is 16.9. The van der Waals surface area contributed by atoms with E-state index in [1.807, 2.05) is 101 Å². The summed E-state index contributed by atoms with van der Waals surface area (Å²) >= 11 is 1.58. The minimum Gasteiger partial charge on any atom is -0.507 e. The molecule has 4 atom stereocenters. The topological polar surface area (TPSA) is 158 Å². The Bertz CT molecular complexity index is 2090. The monoisotopic (exact) mass is 732 g/mol. The SMILES string of the molecule is Cc1ncsc1-c1ccc([C@H](C)NC(=O)[C@@H]2C[C@@H](O)CN2C(=O)[C@@H](NC(=O)Cc2ccc(-c3cnnc(-c4ccccc4O)c3)cc2)C(C)(C)C)cc1. The minimum atomic E-state index is -0.939. The van der Waals surface area contributed by atoms with Crippen molar-refractivity contribution < 1.29 is 24.6 Å². The van der Waals surface area contributed by atoms with Crippen molar-refractivity contribution in [1.29, 1.82) is 0 Å². The third kappa shape index (κ3) is 8.61. The second-order valence-electron chi connectivity index (χ2n) is 14.6. The molecule has 3 amide bonds. The smallest absolute Gasteiger partial charge is 0.246 e. The number of carbonyl (C=O) groups is 3. The van der Waals surface area contributed by atoms with Gasteiger partial charge in [0.25, 0.3) is 0 Å². The first kappa shape index (κ1) is 37.3. The van der Waals surface area contributed by atoms with Crippen LogP contribution in [0, 0.1) is 12.3 Å². The number of β-amino-alcohol motifs (C(OH)–C–C–N with tert-alkyl or cyclic N) is 1. The minimum absolute atomic E-state index is 0.00637. The number of carbonyl (C=O) groups excluding carboxylic acids is 3. The van der Waals surface area contributed by atoms with Crippen LogP contribution in [0.5, 0.6) is 5.75 Å². The number of hydrogen-bond acceptors (Lipinski definition) is 9. The Hall–Kier alpha value is -5.46. The van der Waals surface area contributed by atoms with E-state index in [0.29, 0.717) is 11.3 Å². The molecule has 0 bridgehead atoms. The molecule has 4 N–H and O–H groups in total. The Morgan fingerprint density at radius 1 is 0.962 bits per heavy atom. The molecule has 11 nitrogen and oxygen atoms in total. The number of aliphatic hydroxyl groups is 1. The largest absolute Gasteiger partial charge is 0.507 e. The van der Waals surface area contributed by atoms with Crippen LogP contribution in [0.1, 0.15) is 57.0 Å². The van der Waals surface area contributed by atoms with Crippen LogP contribution in [0.25, 0.3) is 32.8 Å². The number of aryl methyl sites for hydroxylation is 1. The predicted octanol–water partition coefficient (Wildman–Crippen LogP) is 5.86. The molecule has 274 valence electrons. The van der Waals surface area contributed by atoms with E-state index in [-0.39, 0.29) is 43.0 Å². The summed E-state index contributed by atoms with van der Waals surface area (Å²) in [4.78, 5) is 48.0. The summed E-state index contributed by atoms with van der Waals surface area (Å²) in [5, 5.41) is 35.1. The maximum Gasteiger partial charge on any atom is 0.246 e. The van der Waals surface area contributed by atoms with Gasteiger partial charge in [0.2, 0.25) is 17.7 Å². The highest BCUT2D eigenvalue weighted by Gasteiger charge is 2.44. The molecule has 5 aromatic rings. The summed E-state index contributed by atoms with van der Waals surface area (Å²) < 4.78 is 0. The van der Waals surface area contributed by atoms with Gasteiger partial charge in [-0.15, -0.1) is 11.3 Å². The summed E-state index contributed by atoms with van der Waals surface area (Å²) in [6.45, 7) is 9.43. The number of phenolic OH excluding ortho intramolecular Hbond substituents is 1. The number of hydrogen-bond donors (Lipinski definition) is 4. The first-order valence-corrected chi connectivity index (χ1v) is 18.5. The van der Waals surface area contributed by atoms with Gasteiger partial charge in [-0.2, -0.15) is 10.2 Å². The number of rotatable bonds is 10. The zero-order valence-electron chi connectivity index (χ0n) is 30.4. The number of nitrogens with one attached hydrogen (secondary N) is 2. The van der Waals surface area contributed by atoms with E-state index in [1.54, 1.807) is 35.7 Å². The van der Waals surface area contributed by atoms with Crippen molar-refractivity contribution in [2.45, 2.75) is 71.7 Å². The van der Waals surface area contributed by atoms with Crippen LogP contribution in [0.15, 0.2) is 90.6 Å². The third-order valence-corrected chi connectivity index (χ3v) is 10.5. The molecule has 1 fully saturated rings. The number of aromatic hydroxyl groups is 1. The Labute approximate surface area is 313 Å². The number of aromatic nitrogens is 3. The van der Waals surface area contributed by atoms with Crippen molar-refractivity contribution in [3.63, 3.8) is 0 Å². The van der Waals surface area contributed by atoms with Gasteiger partial charge in [0.1, 0.15) is 17.8 Å². The van der Waals surface area contributed by atoms with Gasteiger partial charge in [0, 0.05) is 24.1 Å². The van der Waals surface area contributed by atoms with E-state index >= 15 is 0 Å². The summed E-state index contributed by atoms with van der Waals surface area (Å²) in [5.41, 5.74) is 7.57. The molecular formula is C41H44N6O5S. The van der Waals surface area contributed by atoms with Gasteiger partial charge < -0.3 is 25.7 Å². The van der Waals surface area contributed by atoms with Crippen LogP contribution in [0.2, 0.25) is 0 Å². The lowest BCUT2D eigenvalue weighted by molar-refractivity contribution is -0.144. The van der Waals surface area contributed by atoms with Gasteiger partial charge in [-0.3, -0.25) is 14.4 Å².